The average molecular weight is 590 g/mol. The Morgan fingerprint density at radius 1 is 1.10 bits per heavy atom. The van der Waals surface area contributed by atoms with Crippen LogP contribution in [0, 0.1) is 20.8 Å². The number of pyridine rings is 1. The maximum atomic E-state index is 13.2. The molecule has 4 aromatic rings. The zero-order valence-corrected chi connectivity index (χ0v) is 26.2. The molecule has 1 N–H and O–H groups in total. The number of aromatic nitrogens is 2. The lowest BCUT2D eigenvalue weighted by atomic mass is 9.90. The lowest BCUT2D eigenvalue weighted by molar-refractivity contribution is -0.152. The Balaban J connectivity index is 1.74. The van der Waals surface area contributed by atoms with Crippen LogP contribution in [0.2, 0.25) is 5.02 Å². The summed E-state index contributed by atoms with van der Waals surface area (Å²) in [5, 5.41) is 13.8. The van der Waals surface area contributed by atoms with E-state index in [1.165, 1.54) is 4.90 Å². The van der Waals surface area contributed by atoms with Crippen molar-refractivity contribution in [1.29, 1.82) is 0 Å². The summed E-state index contributed by atoms with van der Waals surface area (Å²) in [5.41, 5.74) is 6.84. The van der Waals surface area contributed by atoms with Crippen molar-refractivity contribution >= 4 is 28.7 Å². The van der Waals surface area contributed by atoms with E-state index >= 15 is 0 Å². The quantitative estimate of drug-likeness (QED) is 0.230. The fourth-order valence-corrected chi connectivity index (χ4v) is 6.21. The van der Waals surface area contributed by atoms with Crippen molar-refractivity contribution in [2.45, 2.75) is 85.4 Å². The smallest absolute Gasteiger partial charge is 0.412 e. The van der Waals surface area contributed by atoms with Crippen LogP contribution in [-0.2, 0) is 22.4 Å². The minimum atomic E-state index is -1.33. The van der Waals surface area contributed by atoms with Crippen LogP contribution in [0.25, 0.3) is 22.2 Å². The lowest BCUT2D eigenvalue weighted by Gasteiger charge is -2.37. The molecule has 222 valence electrons. The molecule has 42 heavy (non-hydrogen) atoms. The van der Waals surface area contributed by atoms with E-state index in [2.05, 4.69) is 25.3 Å². The molecule has 0 aliphatic carbocycles. The number of aliphatic hydroxyl groups excluding tert-OH is 1. The van der Waals surface area contributed by atoms with Crippen LogP contribution < -0.4 is 0 Å². The van der Waals surface area contributed by atoms with E-state index in [0.717, 1.165) is 56.8 Å². The van der Waals surface area contributed by atoms with Crippen molar-refractivity contribution in [3.8, 4) is 11.1 Å². The molecule has 1 unspecified atom stereocenters. The highest BCUT2D eigenvalue weighted by Crippen LogP contribution is 2.44. The first-order valence-electron chi connectivity index (χ1n) is 14.5. The minimum absolute atomic E-state index is 0.186. The number of ether oxygens (including phenoxy) is 2. The normalized spacial score (nSPS) is 17.1. The largest absolute Gasteiger partial charge is 0.447 e. The molecule has 1 amide bonds. The molecule has 2 aromatic carbocycles. The van der Waals surface area contributed by atoms with Crippen molar-refractivity contribution < 1.29 is 19.4 Å². The predicted octanol–water partition coefficient (Wildman–Crippen LogP) is 7.54. The number of nitrogens with zero attached hydrogens (tertiary/aromatic N) is 3. The third-order valence-corrected chi connectivity index (χ3v) is 8.32. The predicted molar refractivity (Wildman–Crippen MR) is 167 cm³/mol. The van der Waals surface area contributed by atoms with Gasteiger partial charge in [0.25, 0.3) is 0 Å². The van der Waals surface area contributed by atoms with Crippen molar-refractivity contribution in [1.82, 2.24) is 14.5 Å². The number of rotatable bonds is 8. The molecule has 1 saturated heterocycles. The zero-order chi connectivity index (χ0) is 30.3. The summed E-state index contributed by atoms with van der Waals surface area (Å²) in [5.74, 6) is 0. The summed E-state index contributed by atoms with van der Waals surface area (Å²) >= 11 is 6.32. The molecule has 5 rings (SSSR count). The van der Waals surface area contributed by atoms with Crippen molar-refractivity contribution in [3.05, 3.63) is 87.7 Å². The number of hydrogen-bond acceptors (Lipinski definition) is 5. The van der Waals surface area contributed by atoms with Gasteiger partial charge in [-0.05, 0) is 83.7 Å². The number of halogens is 1. The highest BCUT2D eigenvalue weighted by atomic mass is 35.5. The first-order valence-corrected chi connectivity index (χ1v) is 14.9. The van der Waals surface area contributed by atoms with Gasteiger partial charge in [0.15, 0.2) is 6.23 Å². The number of aryl methyl sites for hydroxylation is 3. The number of aliphatic hydroxyl groups is 1. The second-order valence-corrected chi connectivity index (χ2v) is 12.5. The molecule has 3 atom stereocenters. The van der Waals surface area contributed by atoms with Crippen LogP contribution in [0.4, 0.5) is 4.79 Å². The van der Waals surface area contributed by atoms with Crippen LogP contribution in [-0.4, -0.2) is 50.1 Å². The highest BCUT2D eigenvalue weighted by Gasteiger charge is 2.44. The molecule has 0 radical (unpaired) electrons. The Morgan fingerprint density at radius 3 is 2.38 bits per heavy atom. The monoisotopic (exact) mass is 589 g/mol. The number of hydrogen-bond donors (Lipinski definition) is 1. The molecular formula is C34H40ClN3O4. The van der Waals surface area contributed by atoms with Gasteiger partial charge in [0.2, 0.25) is 0 Å². The van der Waals surface area contributed by atoms with E-state index in [0.29, 0.717) is 11.4 Å². The van der Waals surface area contributed by atoms with Gasteiger partial charge in [0.1, 0.15) is 18.4 Å². The average Bonchev–Trinajstić information content (AvgIpc) is 3.42. The number of carbonyl (C=O) groups excluding carboxylic acids is 1. The highest BCUT2D eigenvalue weighted by molar-refractivity contribution is 6.30. The second kappa shape index (κ2) is 11.7. The summed E-state index contributed by atoms with van der Waals surface area (Å²) in [4.78, 5) is 19.8. The Bertz CT molecular complexity index is 1590. The van der Waals surface area contributed by atoms with E-state index in [1.54, 1.807) is 0 Å². The molecule has 0 spiro atoms. The Hall–Kier alpha value is -3.39. The zero-order valence-electron chi connectivity index (χ0n) is 25.4. The number of amides is 1. The van der Waals surface area contributed by atoms with Gasteiger partial charge in [0, 0.05) is 39.5 Å². The summed E-state index contributed by atoms with van der Waals surface area (Å²) in [6.45, 7) is 15.1. The summed E-state index contributed by atoms with van der Waals surface area (Å²) < 4.78 is 14.4. The standard InChI is InChI=1S/C34H40ClN3O4/c1-8-37-22(4)20(2)27-29(24-14-16-25(35)17-15-24)28(21(3)36-31(27)37)30(42-34(5,6)7)32(39)38-26(19-41-33(38)40)18-23-12-10-9-11-13-23/h9-17,26,30,32,39H,8,18-19H2,1-7H3/t26-,30+,32?/m1/s1. The fraction of sp³-hybridized carbons (Fsp3) is 0.412. The van der Waals surface area contributed by atoms with Crippen LogP contribution in [0.15, 0.2) is 54.6 Å². The first kappa shape index (κ1) is 30.1. The van der Waals surface area contributed by atoms with E-state index < -0.39 is 24.0 Å². The number of benzene rings is 2. The van der Waals surface area contributed by atoms with Crippen molar-refractivity contribution in [2.24, 2.45) is 0 Å². The Labute approximate surface area is 253 Å². The van der Waals surface area contributed by atoms with Crippen molar-refractivity contribution in [3.63, 3.8) is 0 Å². The molecular weight excluding hydrogens is 550 g/mol. The molecule has 8 heteroatoms. The maximum absolute atomic E-state index is 13.2. The van der Waals surface area contributed by atoms with Gasteiger partial charge >= 0.3 is 6.09 Å². The van der Waals surface area contributed by atoms with Crippen LogP contribution in [0.3, 0.4) is 0 Å². The maximum Gasteiger partial charge on any atom is 0.412 e. The molecule has 1 aliphatic heterocycles. The third-order valence-electron chi connectivity index (χ3n) is 8.07. The molecule has 0 saturated carbocycles. The Kier molecular flexibility index (Phi) is 8.39. The molecule has 1 fully saturated rings. The van der Waals surface area contributed by atoms with E-state index in [1.807, 2.05) is 82.3 Å². The number of fused-ring (bicyclic) bond motifs is 1. The second-order valence-electron chi connectivity index (χ2n) is 12.0. The fourth-order valence-electron chi connectivity index (χ4n) is 6.08. The van der Waals surface area contributed by atoms with Crippen LogP contribution in [0.1, 0.15) is 61.9 Å². The van der Waals surface area contributed by atoms with Gasteiger partial charge < -0.3 is 19.1 Å². The van der Waals surface area contributed by atoms with Gasteiger partial charge in [-0.2, -0.15) is 0 Å². The van der Waals surface area contributed by atoms with E-state index in [4.69, 9.17) is 26.1 Å². The van der Waals surface area contributed by atoms with E-state index in [9.17, 15) is 9.90 Å². The SMILES string of the molecule is CCn1c(C)c(C)c2c(-c3ccc(Cl)cc3)c([C@H](OC(C)(C)C)C(O)N3C(=O)OC[C@H]3Cc3ccccc3)c(C)nc21. The summed E-state index contributed by atoms with van der Waals surface area (Å²) in [6.07, 6.45) is -2.26. The number of cyclic esters (lactones) is 1. The van der Waals surface area contributed by atoms with Gasteiger partial charge in [-0.15, -0.1) is 0 Å². The lowest BCUT2D eigenvalue weighted by Crippen LogP contribution is -2.48. The van der Waals surface area contributed by atoms with Gasteiger partial charge in [-0.1, -0.05) is 54.1 Å². The van der Waals surface area contributed by atoms with E-state index in [-0.39, 0.29) is 12.6 Å². The van der Waals surface area contributed by atoms with Gasteiger partial charge in [0.05, 0.1) is 11.6 Å². The van der Waals surface area contributed by atoms with Gasteiger partial charge in [-0.3, -0.25) is 4.90 Å². The number of carbonyl (C=O) groups is 1. The van der Waals surface area contributed by atoms with Crippen molar-refractivity contribution in [2.75, 3.05) is 6.61 Å². The third kappa shape index (κ3) is 5.65. The topological polar surface area (TPSA) is 76.8 Å². The first-order chi connectivity index (χ1) is 19.9. The van der Waals surface area contributed by atoms with Crippen LogP contribution >= 0.6 is 11.6 Å². The molecule has 3 heterocycles. The Morgan fingerprint density at radius 2 is 1.76 bits per heavy atom. The minimum Gasteiger partial charge on any atom is -0.447 e. The molecule has 2 aromatic heterocycles. The molecule has 0 bridgehead atoms. The van der Waals surface area contributed by atoms with Gasteiger partial charge in [-0.25, -0.2) is 9.78 Å². The van der Waals surface area contributed by atoms with Crippen LogP contribution in [0.5, 0.6) is 0 Å². The molecule has 7 nitrogen and oxygen atoms in total. The molecule has 1 aliphatic rings. The summed E-state index contributed by atoms with van der Waals surface area (Å²) in [7, 11) is 0. The summed E-state index contributed by atoms with van der Waals surface area (Å²) in [6, 6.07) is 17.3.